The van der Waals surface area contributed by atoms with Crippen molar-refractivity contribution in [3.63, 3.8) is 0 Å². The Hall–Kier alpha value is -0.0800. The number of rotatable bonds is 4. The molecule has 1 saturated heterocycles. The summed E-state index contributed by atoms with van der Waals surface area (Å²) in [7, 11) is 0. The van der Waals surface area contributed by atoms with Gasteiger partial charge in [0.15, 0.2) is 0 Å². The van der Waals surface area contributed by atoms with Crippen LogP contribution >= 0.6 is 0 Å². The minimum Gasteiger partial charge on any atom is -0.381 e. The predicted octanol–water partition coefficient (Wildman–Crippen LogP) is 3.07. The van der Waals surface area contributed by atoms with Gasteiger partial charge in [0.1, 0.15) is 0 Å². The van der Waals surface area contributed by atoms with Gasteiger partial charge < -0.3 is 10.1 Å². The first-order chi connectivity index (χ1) is 7.93. The molecule has 1 heterocycles. The van der Waals surface area contributed by atoms with Crippen molar-refractivity contribution in [1.29, 1.82) is 0 Å². The Labute approximate surface area is 107 Å². The molecular weight excluding hydrogens is 210 g/mol. The molecule has 0 radical (unpaired) electrons. The van der Waals surface area contributed by atoms with Crippen LogP contribution in [-0.2, 0) is 4.74 Å². The molecule has 2 heteroatoms. The van der Waals surface area contributed by atoms with Crippen molar-refractivity contribution in [3.8, 4) is 0 Å². The third kappa shape index (κ3) is 2.15. The minimum absolute atomic E-state index is 0.484. The van der Waals surface area contributed by atoms with Gasteiger partial charge in [0.05, 0.1) is 0 Å². The lowest BCUT2D eigenvalue weighted by molar-refractivity contribution is 0.0480. The minimum atomic E-state index is 0.484. The summed E-state index contributed by atoms with van der Waals surface area (Å²) in [6.07, 6.45) is 2.47. The van der Waals surface area contributed by atoms with Crippen molar-refractivity contribution in [2.24, 2.45) is 22.7 Å². The molecule has 1 aliphatic carbocycles. The zero-order chi connectivity index (χ0) is 12.7. The average Bonchev–Trinajstić information content (AvgIpc) is 2.68. The molecule has 0 aromatic carbocycles. The van der Waals surface area contributed by atoms with Crippen molar-refractivity contribution < 1.29 is 4.74 Å². The topological polar surface area (TPSA) is 21.3 Å². The Kier molecular flexibility index (Phi) is 3.57. The van der Waals surface area contributed by atoms with Crippen LogP contribution in [0.2, 0.25) is 0 Å². The zero-order valence-corrected chi connectivity index (χ0v) is 12.2. The standard InChI is InChI=1S/C15H29NO/c1-6-16-12(11-7-9-17-10-8-11)13-14(2,3)15(13,4)5/h11-13,16H,6-10H2,1-5H3. The Balaban J connectivity index is 2.08. The lowest BCUT2D eigenvalue weighted by Crippen LogP contribution is -2.42. The van der Waals surface area contributed by atoms with E-state index >= 15 is 0 Å². The molecule has 1 saturated carbocycles. The molecule has 0 amide bonds. The summed E-state index contributed by atoms with van der Waals surface area (Å²) >= 11 is 0. The van der Waals surface area contributed by atoms with Gasteiger partial charge in [0.2, 0.25) is 0 Å². The fourth-order valence-corrected chi connectivity index (χ4v) is 4.01. The first-order valence-electron chi connectivity index (χ1n) is 7.24. The van der Waals surface area contributed by atoms with Gasteiger partial charge >= 0.3 is 0 Å². The molecule has 0 aromatic heterocycles. The van der Waals surface area contributed by atoms with Gasteiger partial charge in [-0.05, 0) is 42.1 Å². The first-order valence-corrected chi connectivity index (χ1v) is 7.24. The van der Waals surface area contributed by atoms with Gasteiger partial charge in [-0.15, -0.1) is 0 Å². The second-order valence-electron chi connectivity index (χ2n) is 6.95. The smallest absolute Gasteiger partial charge is 0.0469 e. The second kappa shape index (κ2) is 4.55. The number of ether oxygens (including phenoxy) is 1. The Morgan fingerprint density at radius 3 is 2.06 bits per heavy atom. The Bertz CT molecular complexity index is 252. The van der Waals surface area contributed by atoms with Crippen LogP contribution in [0.3, 0.4) is 0 Å². The maximum atomic E-state index is 5.50. The third-order valence-corrected chi connectivity index (χ3v) is 5.71. The normalized spacial score (nSPS) is 30.2. The van der Waals surface area contributed by atoms with Crippen LogP contribution in [0.4, 0.5) is 0 Å². The number of nitrogens with one attached hydrogen (secondary N) is 1. The van der Waals surface area contributed by atoms with Crippen LogP contribution in [0.25, 0.3) is 0 Å². The molecule has 2 fully saturated rings. The van der Waals surface area contributed by atoms with Gasteiger partial charge in [-0.1, -0.05) is 34.6 Å². The van der Waals surface area contributed by atoms with Gasteiger partial charge in [-0.25, -0.2) is 0 Å². The molecule has 2 nitrogen and oxygen atoms in total. The Morgan fingerprint density at radius 2 is 1.65 bits per heavy atom. The summed E-state index contributed by atoms with van der Waals surface area (Å²) < 4.78 is 5.50. The monoisotopic (exact) mass is 239 g/mol. The van der Waals surface area contributed by atoms with Crippen molar-refractivity contribution in [2.75, 3.05) is 19.8 Å². The second-order valence-corrected chi connectivity index (χ2v) is 6.95. The molecule has 2 rings (SSSR count). The molecule has 1 atom stereocenters. The van der Waals surface area contributed by atoms with Gasteiger partial charge in [0, 0.05) is 19.3 Å². The molecule has 1 N–H and O–H groups in total. The summed E-state index contributed by atoms with van der Waals surface area (Å²) in [4.78, 5) is 0. The molecular formula is C15H29NO. The average molecular weight is 239 g/mol. The van der Waals surface area contributed by atoms with Gasteiger partial charge in [-0.3, -0.25) is 0 Å². The van der Waals surface area contributed by atoms with Crippen LogP contribution in [-0.4, -0.2) is 25.8 Å². The highest BCUT2D eigenvalue weighted by molar-refractivity contribution is 5.17. The van der Waals surface area contributed by atoms with Crippen LogP contribution in [0, 0.1) is 22.7 Å². The van der Waals surface area contributed by atoms with Crippen LogP contribution in [0.15, 0.2) is 0 Å². The largest absolute Gasteiger partial charge is 0.381 e. The molecule has 17 heavy (non-hydrogen) atoms. The maximum absolute atomic E-state index is 5.50. The van der Waals surface area contributed by atoms with E-state index in [2.05, 4.69) is 39.9 Å². The number of hydrogen-bond donors (Lipinski definition) is 1. The molecule has 1 aliphatic heterocycles. The summed E-state index contributed by atoms with van der Waals surface area (Å²) in [6, 6.07) is 0.689. The third-order valence-electron chi connectivity index (χ3n) is 5.71. The van der Waals surface area contributed by atoms with E-state index < -0.39 is 0 Å². The highest BCUT2D eigenvalue weighted by atomic mass is 16.5. The predicted molar refractivity (Wildman–Crippen MR) is 72.1 cm³/mol. The van der Waals surface area contributed by atoms with E-state index in [4.69, 9.17) is 4.74 Å². The summed E-state index contributed by atoms with van der Waals surface area (Å²) in [5, 5.41) is 3.77. The molecule has 100 valence electrons. The van der Waals surface area contributed by atoms with E-state index in [1.807, 2.05) is 0 Å². The van der Waals surface area contributed by atoms with Crippen LogP contribution in [0.1, 0.15) is 47.5 Å². The summed E-state index contributed by atoms with van der Waals surface area (Å²) in [6.45, 7) is 15.0. The van der Waals surface area contributed by atoms with E-state index in [9.17, 15) is 0 Å². The van der Waals surface area contributed by atoms with Crippen molar-refractivity contribution in [3.05, 3.63) is 0 Å². The molecule has 0 bridgehead atoms. The van der Waals surface area contributed by atoms with Crippen LogP contribution < -0.4 is 5.32 Å². The Morgan fingerprint density at radius 1 is 1.12 bits per heavy atom. The molecule has 0 spiro atoms. The number of hydrogen-bond acceptors (Lipinski definition) is 2. The summed E-state index contributed by atoms with van der Waals surface area (Å²) in [5.41, 5.74) is 0.969. The van der Waals surface area contributed by atoms with Gasteiger partial charge in [-0.2, -0.15) is 0 Å². The first kappa shape index (κ1) is 13.4. The van der Waals surface area contributed by atoms with Crippen LogP contribution in [0.5, 0.6) is 0 Å². The van der Waals surface area contributed by atoms with Gasteiger partial charge in [0.25, 0.3) is 0 Å². The molecule has 1 unspecified atom stereocenters. The van der Waals surface area contributed by atoms with Crippen molar-refractivity contribution >= 4 is 0 Å². The highest BCUT2D eigenvalue weighted by Crippen LogP contribution is 2.70. The van der Waals surface area contributed by atoms with Crippen molar-refractivity contribution in [1.82, 2.24) is 5.32 Å². The van der Waals surface area contributed by atoms with E-state index in [0.29, 0.717) is 16.9 Å². The van der Waals surface area contributed by atoms with Crippen molar-refractivity contribution in [2.45, 2.75) is 53.5 Å². The molecule has 0 aromatic rings. The highest BCUT2D eigenvalue weighted by Gasteiger charge is 2.67. The zero-order valence-electron chi connectivity index (χ0n) is 12.2. The maximum Gasteiger partial charge on any atom is 0.0469 e. The fraction of sp³-hybridized carbons (Fsp3) is 1.00. The van der Waals surface area contributed by atoms with E-state index in [-0.39, 0.29) is 0 Å². The lowest BCUT2D eigenvalue weighted by atomic mass is 9.85. The lowest BCUT2D eigenvalue weighted by Gasteiger charge is -2.32. The molecule has 2 aliphatic rings. The van der Waals surface area contributed by atoms with E-state index in [1.165, 1.54) is 12.8 Å². The fourth-order valence-electron chi connectivity index (χ4n) is 4.01. The quantitative estimate of drug-likeness (QED) is 0.814. The summed E-state index contributed by atoms with van der Waals surface area (Å²) in [5.74, 6) is 1.63. The SMILES string of the molecule is CCNC(C1CCOCC1)C1C(C)(C)C1(C)C. The van der Waals surface area contributed by atoms with E-state index in [1.54, 1.807) is 0 Å². The van der Waals surface area contributed by atoms with E-state index in [0.717, 1.165) is 31.6 Å².